The molecule has 1 aliphatic heterocycles. The summed E-state index contributed by atoms with van der Waals surface area (Å²) in [7, 11) is 0. The highest BCUT2D eigenvalue weighted by atomic mass is 16.2. The molecular formula is C23H36N2O2. The largest absolute Gasteiger partial charge is 0.366 e. The second kappa shape index (κ2) is 9.38. The van der Waals surface area contributed by atoms with E-state index in [0.717, 1.165) is 17.9 Å². The molecule has 3 rings (SSSR count). The van der Waals surface area contributed by atoms with E-state index < -0.39 is 5.41 Å². The van der Waals surface area contributed by atoms with Gasteiger partial charge in [0, 0.05) is 24.4 Å². The number of fused-ring (bicyclic) bond motifs is 1. The van der Waals surface area contributed by atoms with Gasteiger partial charge < -0.3 is 9.80 Å². The van der Waals surface area contributed by atoms with Crippen LogP contribution in [0.4, 0.5) is 11.4 Å². The van der Waals surface area contributed by atoms with Gasteiger partial charge in [-0.1, -0.05) is 66.0 Å². The van der Waals surface area contributed by atoms with E-state index in [9.17, 15) is 9.59 Å². The van der Waals surface area contributed by atoms with Crippen LogP contribution >= 0.6 is 0 Å². The summed E-state index contributed by atoms with van der Waals surface area (Å²) in [5.41, 5.74) is 1.57. The standard InChI is InChI=1S/C21H30N2O2.C2H6/c1-21(2,3)19(24)15-23-18-12-8-7-11-17(18)22(14-13-20(23)25)16-9-5-4-6-10-16;1-2/h7-8,11-12,16H,4-6,9-10,13-15H2,1-3H3;1-2H3. The van der Waals surface area contributed by atoms with Crippen molar-refractivity contribution >= 4 is 23.1 Å². The number of anilines is 2. The Balaban J connectivity index is 0.00000126. The van der Waals surface area contributed by atoms with Gasteiger partial charge in [0.15, 0.2) is 5.78 Å². The number of amides is 1. The van der Waals surface area contributed by atoms with Crippen molar-refractivity contribution in [1.82, 2.24) is 0 Å². The van der Waals surface area contributed by atoms with E-state index in [1.807, 2.05) is 52.8 Å². The van der Waals surface area contributed by atoms with Crippen LogP contribution in [0, 0.1) is 5.41 Å². The monoisotopic (exact) mass is 372 g/mol. The third-order valence-electron chi connectivity index (χ3n) is 5.50. The Bertz CT molecular complexity index is 642. The molecule has 4 nitrogen and oxygen atoms in total. The number of para-hydroxylation sites is 2. The Kier molecular flexibility index (Phi) is 7.46. The first-order valence-electron chi connectivity index (χ1n) is 10.6. The number of hydrogen-bond acceptors (Lipinski definition) is 3. The fraction of sp³-hybridized carbons (Fsp3) is 0.652. The molecule has 1 aromatic rings. The molecule has 4 heteroatoms. The van der Waals surface area contributed by atoms with Crippen LogP contribution in [0.2, 0.25) is 0 Å². The van der Waals surface area contributed by atoms with Crippen molar-refractivity contribution in [2.75, 3.05) is 22.9 Å². The zero-order valence-electron chi connectivity index (χ0n) is 17.8. The van der Waals surface area contributed by atoms with Crippen LogP contribution in [0.15, 0.2) is 24.3 Å². The Morgan fingerprint density at radius 2 is 1.63 bits per heavy atom. The van der Waals surface area contributed by atoms with E-state index in [1.54, 1.807) is 4.90 Å². The van der Waals surface area contributed by atoms with Crippen molar-refractivity contribution in [1.29, 1.82) is 0 Å². The maximum atomic E-state index is 12.8. The molecule has 1 saturated carbocycles. The van der Waals surface area contributed by atoms with E-state index in [0.29, 0.717) is 12.5 Å². The summed E-state index contributed by atoms with van der Waals surface area (Å²) in [6, 6.07) is 8.61. The van der Waals surface area contributed by atoms with Crippen molar-refractivity contribution in [3.8, 4) is 0 Å². The molecule has 0 radical (unpaired) electrons. The van der Waals surface area contributed by atoms with E-state index in [4.69, 9.17) is 0 Å². The number of nitrogens with zero attached hydrogens (tertiary/aromatic N) is 2. The fourth-order valence-electron chi connectivity index (χ4n) is 3.87. The van der Waals surface area contributed by atoms with Crippen LogP contribution in [0.25, 0.3) is 0 Å². The number of carbonyl (C=O) groups excluding carboxylic acids is 2. The first kappa shape index (κ1) is 21.5. The third kappa shape index (κ3) is 5.12. The minimum atomic E-state index is -0.440. The van der Waals surface area contributed by atoms with Gasteiger partial charge in [0.2, 0.25) is 5.91 Å². The summed E-state index contributed by atoms with van der Waals surface area (Å²) in [6.45, 7) is 10.7. The number of hydrogen-bond donors (Lipinski definition) is 0. The van der Waals surface area contributed by atoms with E-state index in [1.165, 1.54) is 32.1 Å². The van der Waals surface area contributed by atoms with Gasteiger partial charge in [-0.3, -0.25) is 9.59 Å². The molecule has 0 spiro atoms. The van der Waals surface area contributed by atoms with E-state index in [2.05, 4.69) is 11.0 Å². The molecule has 1 fully saturated rings. The van der Waals surface area contributed by atoms with Gasteiger partial charge in [0.1, 0.15) is 0 Å². The Hall–Kier alpha value is -1.84. The lowest BCUT2D eigenvalue weighted by molar-refractivity contribution is -0.127. The average Bonchev–Trinajstić information content (AvgIpc) is 2.81. The number of ketones is 1. The third-order valence-corrected chi connectivity index (χ3v) is 5.50. The quantitative estimate of drug-likeness (QED) is 0.732. The summed E-state index contributed by atoms with van der Waals surface area (Å²) < 4.78 is 0. The topological polar surface area (TPSA) is 40.6 Å². The van der Waals surface area contributed by atoms with Gasteiger partial charge in [-0.25, -0.2) is 0 Å². The molecule has 0 N–H and O–H groups in total. The zero-order chi connectivity index (χ0) is 20.0. The molecule has 2 aliphatic rings. The number of carbonyl (C=O) groups is 2. The molecular weight excluding hydrogens is 336 g/mol. The molecule has 27 heavy (non-hydrogen) atoms. The SMILES string of the molecule is CC.CC(C)(C)C(=O)CN1C(=O)CCN(C2CCCCC2)c2ccccc21. The number of rotatable bonds is 3. The lowest BCUT2D eigenvalue weighted by atomic mass is 9.90. The molecule has 0 atom stereocenters. The summed E-state index contributed by atoms with van der Waals surface area (Å²) >= 11 is 0. The maximum absolute atomic E-state index is 12.8. The molecule has 0 aromatic heterocycles. The number of benzene rings is 1. The van der Waals surface area contributed by atoms with Crippen molar-refractivity contribution in [2.45, 2.75) is 79.2 Å². The highest BCUT2D eigenvalue weighted by Gasteiger charge is 2.33. The highest BCUT2D eigenvalue weighted by molar-refractivity contribution is 6.03. The molecule has 0 unspecified atom stereocenters. The van der Waals surface area contributed by atoms with Crippen molar-refractivity contribution in [2.24, 2.45) is 5.41 Å². The van der Waals surface area contributed by atoms with Crippen LogP contribution in [0.1, 0.15) is 73.1 Å². The number of Topliss-reactive ketones (excluding diaryl/α,β-unsaturated/α-hetero) is 1. The van der Waals surface area contributed by atoms with E-state index >= 15 is 0 Å². The van der Waals surface area contributed by atoms with Crippen LogP contribution < -0.4 is 9.80 Å². The lowest BCUT2D eigenvalue weighted by Gasteiger charge is -2.36. The van der Waals surface area contributed by atoms with Gasteiger partial charge in [0.05, 0.1) is 17.9 Å². The van der Waals surface area contributed by atoms with Gasteiger partial charge in [-0.2, -0.15) is 0 Å². The molecule has 0 bridgehead atoms. The molecule has 1 aromatic carbocycles. The van der Waals surface area contributed by atoms with E-state index in [-0.39, 0.29) is 18.2 Å². The van der Waals surface area contributed by atoms with Gasteiger partial charge in [-0.05, 0) is 25.0 Å². The van der Waals surface area contributed by atoms with Gasteiger partial charge >= 0.3 is 0 Å². The predicted octanol–water partition coefficient (Wildman–Crippen LogP) is 5.20. The molecule has 1 aliphatic carbocycles. The zero-order valence-corrected chi connectivity index (χ0v) is 17.8. The Morgan fingerprint density at radius 1 is 1.04 bits per heavy atom. The molecule has 1 amide bonds. The highest BCUT2D eigenvalue weighted by Crippen LogP contribution is 2.37. The van der Waals surface area contributed by atoms with Gasteiger partial charge in [0.25, 0.3) is 0 Å². The summed E-state index contributed by atoms with van der Waals surface area (Å²) in [6.07, 6.45) is 6.72. The average molecular weight is 373 g/mol. The molecule has 1 heterocycles. The second-order valence-electron chi connectivity index (χ2n) is 8.38. The summed E-state index contributed by atoms with van der Waals surface area (Å²) in [5, 5.41) is 0. The fourth-order valence-corrected chi connectivity index (χ4v) is 3.87. The molecule has 0 saturated heterocycles. The van der Waals surface area contributed by atoms with Crippen molar-refractivity contribution < 1.29 is 9.59 Å². The van der Waals surface area contributed by atoms with Crippen molar-refractivity contribution in [3.05, 3.63) is 24.3 Å². The first-order chi connectivity index (χ1) is 12.9. The minimum Gasteiger partial charge on any atom is -0.366 e. The van der Waals surface area contributed by atoms with Crippen LogP contribution in [0.5, 0.6) is 0 Å². The van der Waals surface area contributed by atoms with Crippen LogP contribution in [-0.2, 0) is 9.59 Å². The van der Waals surface area contributed by atoms with Gasteiger partial charge in [-0.15, -0.1) is 0 Å². The molecule has 150 valence electrons. The minimum absolute atomic E-state index is 0.0587. The van der Waals surface area contributed by atoms with Crippen LogP contribution in [-0.4, -0.2) is 30.8 Å². The van der Waals surface area contributed by atoms with Crippen molar-refractivity contribution in [3.63, 3.8) is 0 Å². The van der Waals surface area contributed by atoms with Crippen LogP contribution in [0.3, 0.4) is 0 Å². The summed E-state index contributed by atoms with van der Waals surface area (Å²) in [4.78, 5) is 29.5. The summed E-state index contributed by atoms with van der Waals surface area (Å²) in [5.74, 6) is 0.158. The first-order valence-corrected chi connectivity index (χ1v) is 10.6. The maximum Gasteiger partial charge on any atom is 0.229 e. The Morgan fingerprint density at radius 3 is 2.22 bits per heavy atom. The normalized spacial score (nSPS) is 18.3. The predicted molar refractivity (Wildman–Crippen MR) is 113 cm³/mol. The lowest BCUT2D eigenvalue weighted by Crippen LogP contribution is -2.39. The Labute approximate surface area is 164 Å². The smallest absolute Gasteiger partial charge is 0.229 e. The second-order valence-corrected chi connectivity index (χ2v) is 8.38.